The molecule has 0 aromatic heterocycles. The summed E-state index contributed by atoms with van der Waals surface area (Å²) in [4.78, 5) is 0.951. The van der Waals surface area contributed by atoms with Crippen molar-refractivity contribution >= 4 is 0 Å². The molecule has 0 spiro atoms. The Balaban J connectivity index is 4.61. The molecule has 1 atom stereocenters. The number of halogens is 3. The summed E-state index contributed by atoms with van der Waals surface area (Å²) in [5.41, 5.74) is -2.13. The molecule has 0 saturated carbocycles. The lowest BCUT2D eigenvalue weighted by atomic mass is 10.0. The van der Waals surface area contributed by atoms with Crippen molar-refractivity contribution in [2.24, 2.45) is 0 Å². The van der Waals surface area contributed by atoms with Crippen LogP contribution in [0.15, 0.2) is 0 Å². The van der Waals surface area contributed by atoms with Gasteiger partial charge in [0, 0.05) is 0 Å². The van der Waals surface area contributed by atoms with Gasteiger partial charge in [-0.05, 0) is 21.0 Å². The molecule has 0 fully saturated rings. The Morgan fingerprint density at radius 3 is 1.64 bits per heavy atom. The predicted octanol–water partition coefficient (Wildman–Crippen LogP) is 0.861. The van der Waals surface area contributed by atoms with Crippen LogP contribution in [-0.2, 0) is 0 Å². The zero-order valence-corrected chi connectivity index (χ0v) is 6.74. The van der Waals surface area contributed by atoms with Gasteiger partial charge in [0.05, 0.1) is 6.61 Å². The Hall–Kier alpha value is -0.290. The fourth-order valence-electron chi connectivity index (χ4n) is 0.485. The number of hydrogen-bond acceptors (Lipinski definition) is 2. The van der Waals surface area contributed by atoms with Crippen molar-refractivity contribution in [1.29, 1.82) is 0 Å². The monoisotopic (exact) mass is 171 g/mol. The minimum Gasteiger partial charge on any atom is -0.394 e. The lowest BCUT2D eigenvalue weighted by Gasteiger charge is -2.36. The molecule has 0 rings (SSSR count). The molecule has 2 nitrogen and oxygen atoms in total. The van der Waals surface area contributed by atoms with E-state index in [1.165, 1.54) is 14.1 Å². The Morgan fingerprint density at radius 2 is 1.64 bits per heavy atom. The van der Waals surface area contributed by atoms with Crippen LogP contribution in [0.25, 0.3) is 0 Å². The maximum Gasteiger partial charge on any atom is 0.408 e. The highest BCUT2D eigenvalue weighted by molar-refractivity contribution is 4.89. The van der Waals surface area contributed by atoms with E-state index >= 15 is 0 Å². The molecule has 11 heavy (non-hydrogen) atoms. The van der Waals surface area contributed by atoms with E-state index in [-0.39, 0.29) is 0 Å². The Kier molecular flexibility index (Phi) is 2.91. The summed E-state index contributed by atoms with van der Waals surface area (Å²) < 4.78 is 36.5. The number of aliphatic hydroxyl groups is 1. The number of hydrogen-bond donors (Lipinski definition) is 1. The van der Waals surface area contributed by atoms with Gasteiger partial charge in [0.2, 0.25) is 0 Å². The Morgan fingerprint density at radius 1 is 1.27 bits per heavy atom. The average molecular weight is 171 g/mol. The van der Waals surface area contributed by atoms with E-state index in [1.54, 1.807) is 0 Å². The van der Waals surface area contributed by atoms with Gasteiger partial charge in [0.15, 0.2) is 0 Å². The molecule has 0 amide bonds. The molecule has 0 heterocycles. The summed E-state index contributed by atoms with van der Waals surface area (Å²) >= 11 is 0. The molecule has 5 heteroatoms. The van der Waals surface area contributed by atoms with Crippen LogP contribution in [0.3, 0.4) is 0 Å². The van der Waals surface area contributed by atoms with E-state index in [0.29, 0.717) is 0 Å². The number of rotatable bonds is 2. The molecule has 0 aromatic carbocycles. The van der Waals surface area contributed by atoms with Gasteiger partial charge in [-0.15, -0.1) is 0 Å². The van der Waals surface area contributed by atoms with E-state index < -0.39 is 18.3 Å². The van der Waals surface area contributed by atoms with Gasteiger partial charge in [0.25, 0.3) is 0 Å². The molecular formula is C6H12F3NO. The van der Waals surface area contributed by atoms with E-state index in [9.17, 15) is 13.2 Å². The van der Waals surface area contributed by atoms with Crippen molar-refractivity contribution in [2.45, 2.75) is 18.6 Å². The minimum absolute atomic E-state index is 0.927. The maximum absolute atomic E-state index is 12.2. The third-order valence-electron chi connectivity index (χ3n) is 1.91. The molecular weight excluding hydrogens is 159 g/mol. The number of nitrogens with zero attached hydrogens (tertiary/aromatic N) is 1. The van der Waals surface area contributed by atoms with Crippen LogP contribution in [0.2, 0.25) is 0 Å². The number of alkyl halides is 3. The summed E-state index contributed by atoms with van der Waals surface area (Å²) in [5, 5.41) is 8.53. The molecule has 0 aliphatic carbocycles. The summed E-state index contributed by atoms with van der Waals surface area (Å²) in [6.45, 7) is 0.0243. The SMILES string of the molecule is CN(C)C(C)(CO)C(F)(F)F. The zero-order chi connectivity index (χ0) is 9.28. The number of likely N-dealkylation sites (N-methyl/N-ethyl adjacent to an activating group) is 1. The van der Waals surface area contributed by atoms with Crippen molar-refractivity contribution in [3.63, 3.8) is 0 Å². The van der Waals surface area contributed by atoms with Crippen molar-refractivity contribution in [3.05, 3.63) is 0 Å². The molecule has 1 N–H and O–H groups in total. The Bertz CT molecular complexity index is 134. The second-order valence-electron chi connectivity index (χ2n) is 2.82. The first-order valence-electron chi connectivity index (χ1n) is 3.10. The normalized spacial score (nSPS) is 18.5. The molecule has 0 aromatic rings. The van der Waals surface area contributed by atoms with Gasteiger partial charge < -0.3 is 5.11 Å². The molecule has 0 aliphatic heterocycles. The van der Waals surface area contributed by atoms with Crippen LogP contribution in [-0.4, -0.2) is 42.4 Å². The van der Waals surface area contributed by atoms with Crippen LogP contribution in [0.1, 0.15) is 6.92 Å². The van der Waals surface area contributed by atoms with Crippen molar-refractivity contribution < 1.29 is 18.3 Å². The first kappa shape index (κ1) is 10.7. The lowest BCUT2D eigenvalue weighted by Crippen LogP contribution is -2.56. The molecule has 0 bridgehead atoms. The maximum atomic E-state index is 12.2. The third kappa shape index (κ3) is 1.84. The van der Waals surface area contributed by atoms with E-state index in [0.717, 1.165) is 11.8 Å². The second-order valence-corrected chi connectivity index (χ2v) is 2.82. The van der Waals surface area contributed by atoms with Crippen molar-refractivity contribution in [3.8, 4) is 0 Å². The summed E-state index contributed by atoms with van der Waals surface area (Å²) in [6, 6.07) is 0. The van der Waals surface area contributed by atoms with Crippen LogP contribution in [0.4, 0.5) is 13.2 Å². The van der Waals surface area contributed by atoms with Gasteiger partial charge in [-0.1, -0.05) is 0 Å². The Labute approximate surface area is 63.6 Å². The molecule has 0 aliphatic rings. The van der Waals surface area contributed by atoms with E-state index in [1.807, 2.05) is 0 Å². The molecule has 68 valence electrons. The second kappa shape index (κ2) is 2.98. The standard InChI is InChI=1S/C6H12F3NO/c1-5(4-11,10(2)3)6(7,8)9/h11H,4H2,1-3H3. The molecule has 1 unspecified atom stereocenters. The van der Waals surface area contributed by atoms with Gasteiger partial charge in [-0.3, -0.25) is 4.90 Å². The van der Waals surface area contributed by atoms with Crippen LogP contribution in [0, 0.1) is 0 Å². The minimum atomic E-state index is -4.40. The van der Waals surface area contributed by atoms with Gasteiger partial charge in [0.1, 0.15) is 5.54 Å². The summed E-state index contributed by atoms with van der Waals surface area (Å²) in [6.07, 6.45) is -4.40. The fourth-order valence-corrected chi connectivity index (χ4v) is 0.485. The predicted molar refractivity (Wildman–Crippen MR) is 35.2 cm³/mol. The van der Waals surface area contributed by atoms with Crippen molar-refractivity contribution in [1.82, 2.24) is 4.90 Å². The highest BCUT2D eigenvalue weighted by Crippen LogP contribution is 2.33. The smallest absolute Gasteiger partial charge is 0.394 e. The first-order valence-corrected chi connectivity index (χ1v) is 3.10. The van der Waals surface area contributed by atoms with Crippen LogP contribution >= 0.6 is 0 Å². The largest absolute Gasteiger partial charge is 0.408 e. The van der Waals surface area contributed by atoms with Gasteiger partial charge in [-0.2, -0.15) is 13.2 Å². The highest BCUT2D eigenvalue weighted by atomic mass is 19.4. The van der Waals surface area contributed by atoms with E-state index in [4.69, 9.17) is 5.11 Å². The number of aliphatic hydroxyl groups excluding tert-OH is 1. The third-order valence-corrected chi connectivity index (χ3v) is 1.91. The average Bonchev–Trinajstić information content (AvgIpc) is 1.83. The highest BCUT2D eigenvalue weighted by Gasteiger charge is 2.52. The van der Waals surface area contributed by atoms with Crippen LogP contribution < -0.4 is 0 Å². The van der Waals surface area contributed by atoms with Gasteiger partial charge in [-0.25, -0.2) is 0 Å². The summed E-state index contributed by atoms with van der Waals surface area (Å²) in [5.74, 6) is 0. The van der Waals surface area contributed by atoms with Gasteiger partial charge >= 0.3 is 6.18 Å². The van der Waals surface area contributed by atoms with Crippen LogP contribution in [0.5, 0.6) is 0 Å². The topological polar surface area (TPSA) is 23.5 Å². The lowest BCUT2D eigenvalue weighted by molar-refractivity contribution is -0.229. The first-order chi connectivity index (χ1) is 4.75. The van der Waals surface area contributed by atoms with Crippen molar-refractivity contribution in [2.75, 3.05) is 20.7 Å². The summed E-state index contributed by atoms with van der Waals surface area (Å²) in [7, 11) is 2.56. The molecule has 0 saturated heterocycles. The quantitative estimate of drug-likeness (QED) is 0.666. The van der Waals surface area contributed by atoms with E-state index in [2.05, 4.69) is 0 Å². The zero-order valence-electron chi connectivity index (χ0n) is 6.74. The molecule has 0 radical (unpaired) electrons. The fraction of sp³-hybridized carbons (Fsp3) is 1.00.